The molecular weight excluding hydrogens is 350 g/mol. The normalized spacial score (nSPS) is 15.6. The average Bonchev–Trinajstić information content (AvgIpc) is 3.24. The first-order valence-electron chi connectivity index (χ1n) is 8.73. The van der Waals surface area contributed by atoms with E-state index in [1.165, 1.54) is 18.9 Å². The van der Waals surface area contributed by atoms with E-state index in [1.807, 2.05) is 29.0 Å². The number of rotatable bonds is 7. The third kappa shape index (κ3) is 3.38. The number of ketones is 1. The minimum atomic E-state index is -0.294. The molecule has 0 fully saturated rings. The van der Waals surface area contributed by atoms with E-state index in [0.29, 0.717) is 30.8 Å². The molecule has 6 heteroatoms. The highest BCUT2D eigenvalue weighted by molar-refractivity contribution is 7.98. The maximum Gasteiger partial charge on any atom is 0.314 e. The molecule has 0 amide bonds. The average molecular weight is 373 g/mol. The Morgan fingerprint density at radius 3 is 2.62 bits per heavy atom. The Morgan fingerprint density at radius 2 is 2.00 bits per heavy atom. The predicted octanol–water partition coefficient (Wildman–Crippen LogP) is 3.89. The first kappa shape index (κ1) is 18.6. The van der Waals surface area contributed by atoms with Gasteiger partial charge in [0, 0.05) is 22.7 Å². The van der Waals surface area contributed by atoms with Gasteiger partial charge in [-0.05, 0) is 49.4 Å². The van der Waals surface area contributed by atoms with E-state index in [0.717, 1.165) is 22.8 Å². The molecule has 0 spiro atoms. The van der Waals surface area contributed by atoms with Crippen LogP contribution >= 0.6 is 11.8 Å². The number of hydrogen-bond donors (Lipinski definition) is 0. The van der Waals surface area contributed by atoms with E-state index in [-0.39, 0.29) is 17.7 Å². The number of aromatic nitrogens is 1. The predicted molar refractivity (Wildman–Crippen MR) is 101 cm³/mol. The fraction of sp³-hybridized carbons (Fsp3) is 0.400. The van der Waals surface area contributed by atoms with Gasteiger partial charge in [0.15, 0.2) is 0 Å². The summed E-state index contributed by atoms with van der Waals surface area (Å²) in [6.07, 6.45) is 3.55. The maximum absolute atomic E-state index is 13.1. The molecule has 138 valence electrons. The van der Waals surface area contributed by atoms with E-state index < -0.39 is 0 Å². The van der Waals surface area contributed by atoms with Crippen molar-refractivity contribution in [2.24, 2.45) is 0 Å². The van der Waals surface area contributed by atoms with Crippen LogP contribution in [0.4, 0.5) is 0 Å². The number of ether oxygens (including phenoxy) is 2. The minimum Gasteiger partial charge on any atom is -0.494 e. The quantitative estimate of drug-likeness (QED) is 0.419. The monoisotopic (exact) mass is 373 g/mol. The van der Waals surface area contributed by atoms with Crippen LogP contribution in [0.5, 0.6) is 5.75 Å². The second-order valence-electron chi connectivity index (χ2n) is 6.20. The zero-order valence-electron chi connectivity index (χ0n) is 15.3. The van der Waals surface area contributed by atoms with Gasteiger partial charge in [-0.15, -0.1) is 11.8 Å². The van der Waals surface area contributed by atoms with E-state index in [4.69, 9.17) is 9.47 Å². The molecule has 26 heavy (non-hydrogen) atoms. The molecule has 1 atom stereocenters. The molecular formula is C20H23NO4S. The second kappa shape index (κ2) is 7.99. The number of hydrogen-bond acceptors (Lipinski definition) is 5. The first-order chi connectivity index (χ1) is 12.6. The van der Waals surface area contributed by atoms with E-state index in [2.05, 4.69) is 6.92 Å². The molecule has 2 aromatic rings. The molecule has 0 aliphatic carbocycles. The summed E-state index contributed by atoms with van der Waals surface area (Å²) < 4.78 is 12.5. The van der Waals surface area contributed by atoms with Crippen LogP contribution in [-0.4, -0.2) is 36.3 Å². The lowest BCUT2D eigenvalue weighted by Gasteiger charge is -2.09. The van der Waals surface area contributed by atoms with Crippen molar-refractivity contribution in [2.75, 3.05) is 20.0 Å². The van der Waals surface area contributed by atoms with Gasteiger partial charge in [-0.2, -0.15) is 0 Å². The summed E-state index contributed by atoms with van der Waals surface area (Å²) in [7, 11) is 1.40. The van der Waals surface area contributed by atoms with Crippen LogP contribution in [0.15, 0.2) is 35.2 Å². The van der Waals surface area contributed by atoms with E-state index in [9.17, 15) is 9.59 Å². The van der Waals surface area contributed by atoms with Gasteiger partial charge in [-0.1, -0.05) is 6.92 Å². The van der Waals surface area contributed by atoms with Gasteiger partial charge in [-0.3, -0.25) is 9.59 Å². The van der Waals surface area contributed by atoms with Gasteiger partial charge in [-0.25, -0.2) is 0 Å². The van der Waals surface area contributed by atoms with Crippen LogP contribution < -0.4 is 4.74 Å². The first-order valence-corrected chi connectivity index (χ1v) is 9.96. The Morgan fingerprint density at radius 1 is 1.27 bits per heavy atom. The summed E-state index contributed by atoms with van der Waals surface area (Å²) in [6.45, 7) is 3.36. The number of fused-ring (bicyclic) bond motifs is 1. The highest BCUT2D eigenvalue weighted by Crippen LogP contribution is 2.37. The SMILES string of the molecule is CCCOc1ccc(C(=O)c2c(SC)cc3n2CCC3C(=O)OC)cc1. The summed E-state index contributed by atoms with van der Waals surface area (Å²) in [5, 5.41) is 0. The third-order valence-corrected chi connectivity index (χ3v) is 5.35. The van der Waals surface area contributed by atoms with E-state index in [1.54, 1.807) is 12.1 Å². The summed E-state index contributed by atoms with van der Waals surface area (Å²) in [4.78, 5) is 26.0. The van der Waals surface area contributed by atoms with Crippen molar-refractivity contribution in [3.8, 4) is 5.75 Å². The summed E-state index contributed by atoms with van der Waals surface area (Å²) in [5.41, 5.74) is 2.14. The molecule has 1 aromatic heterocycles. The molecule has 1 unspecified atom stereocenters. The number of benzene rings is 1. The van der Waals surface area contributed by atoms with Gasteiger partial charge >= 0.3 is 5.97 Å². The zero-order valence-corrected chi connectivity index (χ0v) is 16.1. The van der Waals surface area contributed by atoms with Crippen molar-refractivity contribution in [3.63, 3.8) is 0 Å². The van der Waals surface area contributed by atoms with Crippen LogP contribution in [0.2, 0.25) is 0 Å². The van der Waals surface area contributed by atoms with Crippen LogP contribution in [0, 0.1) is 0 Å². The van der Waals surface area contributed by atoms with Crippen molar-refractivity contribution in [1.29, 1.82) is 0 Å². The summed E-state index contributed by atoms with van der Waals surface area (Å²) in [5.74, 6) is 0.190. The highest BCUT2D eigenvalue weighted by Gasteiger charge is 2.34. The Bertz CT molecular complexity index is 810. The molecule has 3 rings (SSSR count). The van der Waals surface area contributed by atoms with Crippen LogP contribution in [-0.2, 0) is 16.1 Å². The minimum absolute atomic E-state index is 0.0341. The Hall–Kier alpha value is -2.21. The molecule has 1 aliphatic heterocycles. The Balaban J connectivity index is 1.91. The van der Waals surface area contributed by atoms with Gasteiger partial charge in [0.25, 0.3) is 0 Å². The Kier molecular flexibility index (Phi) is 5.71. The van der Waals surface area contributed by atoms with Crippen LogP contribution in [0.3, 0.4) is 0 Å². The number of nitrogens with zero attached hydrogens (tertiary/aromatic N) is 1. The van der Waals surface area contributed by atoms with Crippen LogP contribution in [0.25, 0.3) is 0 Å². The zero-order chi connectivity index (χ0) is 18.7. The molecule has 0 N–H and O–H groups in total. The molecule has 2 heterocycles. The lowest BCUT2D eigenvalue weighted by molar-refractivity contribution is -0.142. The van der Waals surface area contributed by atoms with Gasteiger partial charge < -0.3 is 14.0 Å². The molecule has 5 nitrogen and oxygen atoms in total. The lowest BCUT2D eigenvalue weighted by Crippen LogP contribution is -2.12. The topological polar surface area (TPSA) is 57.5 Å². The third-order valence-electron chi connectivity index (χ3n) is 4.60. The molecule has 0 radical (unpaired) electrons. The standard InChI is InChI=1S/C20H23NO4S/c1-4-11-25-14-7-5-13(6-8-14)19(22)18-17(26-3)12-16-15(20(23)24-2)9-10-21(16)18/h5-8,12,15H,4,9-11H2,1-3H3. The largest absolute Gasteiger partial charge is 0.494 e. The summed E-state index contributed by atoms with van der Waals surface area (Å²) >= 11 is 1.52. The van der Waals surface area contributed by atoms with Crippen molar-refractivity contribution in [2.45, 2.75) is 37.1 Å². The Labute approximate surface area is 157 Å². The van der Waals surface area contributed by atoms with Crippen molar-refractivity contribution >= 4 is 23.5 Å². The number of carbonyl (C=O) groups is 2. The van der Waals surface area contributed by atoms with Crippen molar-refractivity contribution < 1.29 is 19.1 Å². The summed E-state index contributed by atoms with van der Waals surface area (Å²) in [6, 6.07) is 9.19. The number of thioether (sulfide) groups is 1. The number of carbonyl (C=O) groups excluding carboxylic acids is 2. The highest BCUT2D eigenvalue weighted by atomic mass is 32.2. The molecule has 1 aliphatic rings. The van der Waals surface area contributed by atoms with Gasteiger partial charge in [0.2, 0.25) is 5.78 Å². The number of esters is 1. The second-order valence-corrected chi connectivity index (χ2v) is 7.05. The van der Waals surface area contributed by atoms with Crippen molar-refractivity contribution in [1.82, 2.24) is 4.57 Å². The molecule has 1 aromatic carbocycles. The molecule has 0 bridgehead atoms. The van der Waals surface area contributed by atoms with Gasteiger partial charge in [0.05, 0.1) is 19.6 Å². The molecule has 0 saturated heterocycles. The molecule has 0 saturated carbocycles. The van der Waals surface area contributed by atoms with Crippen molar-refractivity contribution in [3.05, 3.63) is 47.3 Å². The fourth-order valence-electron chi connectivity index (χ4n) is 3.31. The number of methoxy groups -OCH3 is 1. The fourth-order valence-corrected chi connectivity index (χ4v) is 3.94. The maximum atomic E-state index is 13.1. The van der Waals surface area contributed by atoms with Gasteiger partial charge in [0.1, 0.15) is 11.4 Å². The smallest absolute Gasteiger partial charge is 0.314 e. The van der Waals surface area contributed by atoms with Crippen LogP contribution in [0.1, 0.15) is 47.4 Å². The van der Waals surface area contributed by atoms with E-state index >= 15 is 0 Å². The lowest BCUT2D eigenvalue weighted by atomic mass is 10.1.